The number of piperidine rings is 1. The molecule has 7 heteroatoms. The summed E-state index contributed by atoms with van der Waals surface area (Å²) in [7, 11) is 0. The van der Waals surface area contributed by atoms with Crippen LogP contribution in [0, 0.1) is 5.92 Å². The van der Waals surface area contributed by atoms with Crippen molar-refractivity contribution >= 4 is 23.5 Å². The van der Waals surface area contributed by atoms with Crippen LogP contribution in [0.2, 0.25) is 0 Å². The molecule has 1 N–H and O–H groups in total. The van der Waals surface area contributed by atoms with Gasteiger partial charge >= 0.3 is 17.8 Å². The maximum atomic E-state index is 12.4. The van der Waals surface area contributed by atoms with E-state index in [0.29, 0.717) is 49.7 Å². The van der Waals surface area contributed by atoms with E-state index < -0.39 is 11.8 Å². The van der Waals surface area contributed by atoms with E-state index in [9.17, 15) is 14.4 Å². The van der Waals surface area contributed by atoms with Gasteiger partial charge in [0.1, 0.15) is 11.5 Å². The first kappa shape index (κ1) is 20.4. The lowest BCUT2D eigenvalue weighted by Gasteiger charge is -2.30. The summed E-state index contributed by atoms with van der Waals surface area (Å²) >= 11 is 0. The van der Waals surface area contributed by atoms with Crippen LogP contribution in [0.25, 0.3) is 0 Å². The minimum atomic E-state index is -0.698. The number of nitrogens with zero attached hydrogens (tertiary/aromatic N) is 1. The molecule has 29 heavy (non-hydrogen) atoms. The van der Waals surface area contributed by atoms with Gasteiger partial charge in [-0.1, -0.05) is 18.2 Å². The summed E-state index contributed by atoms with van der Waals surface area (Å²) in [4.78, 5) is 37.9. The monoisotopic (exact) mass is 396 g/mol. The number of hydrogen-bond donors (Lipinski definition) is 1. The Labute approximate surface area is 169 Å². The molecule has 0 unspecified atom stereocenters. The van der Waals surface area contributed by atoms with Gasteiger partial charge in [-0.3, -0.25) is 14.4 Å². The Kier molecular flexibility index (Phi) is 6.84. The minimum Gasteiger partial charge on any atom is -0.466 e. The Morgan fingerprint density at radius 1 is 0.966 bits per heavy atom. The quantitative estimate of drug-likeness (QED) is 0.620. The summed E-state index contributed by atoms with van der Waals surface area (Å²) in [5.74, 6) is -0.401. The van der Waals surface area contributed by atoms with Crippen LogP contribution in [0.5, 0.6) is 11.5 Å². The molecule has 0 bridgehead atoms. The van der Waals surface area contributed by atoms with Gasteiger partial charge in [0, 0.05) is 18.8 Å². The lowest BCUT2D eigenvalue weighted by Crippen LogP contribution is -2.45. The molecular weight excluding hydrogens is 372 g/mol. The molecule has 1 aliphatic rings. The molecule has 2 amide bonds. The Bertz CT molecular complexity index is 843. The Morgan fingerprint density at radius 2 is 1.59 bits per heavy atom. The van der Waals surface area contributed by atoms with Crippen molar-refractivity contribution in [2.24, 2.45) is 5.92 Å². The zero-order valence-electron chi connectivity index (χ0n) is 16.3. The Morgan fingerprint density at radius 3 is 2.21 bits per heavy atom. The third-order valence-electron chi connectivity index (χ3n) is 4.69. The summed E-state index contributed by atoms with van der Waals surface area (Å²) in [5, 5.41) is 2.61. The van der Waals surface area contributed by atoms with Crippen LogP contribution in [0.1, 0.15) is 19.8 Å². The number of carbonyl (C=O) groups is 3. The molecule has 1 aliphatic heterocycles. The largest absolute Gasteiger partial charge is 0.466 e. The molecule has 152 valence electrons. The number of anilines is 1. The zero-order chi connectivity index (χ0) is 20.6. The summed E-state index contributed by atoms with van der Waals surface area (Å²) in [5.41, 5.74) is 0.505. The fourth-order valence-electron chi connectivity index (χ4n) is 3.14. The number of para-hydroxylation sites is 1. The number of carbonyl (C=O) groups excluding carboxylic acids is 3. The van der Waals surface area contributed by atoms with E-state index in [1.807, 2.05) is 30.3 Å². The SMILES string of the molecule is CCOC(=O)C1CCN(C(=O)C(=O)Nc2ccc(Oc3ccccc3)cc2)CC1. The number of esters is 1. The highest BCUT2D eigenvalue weighted by Gasteiger charge is 2.30. The first-order chi connectivity index (χ1) is 14.1. The summed E-state index contributed by atoms with van der Waals surface area (Å²) in [6.45, 7) is 2.83. The van der Waals surface area contributed by atoms with Gasteiger partial charge in [-0.2, -0.15) is 0 Å². The second-order valence-electron chi connectivity index (χ2n) is 6.71. The molecule has 0 spiro atoms. The average molecular weight is 396 g/mol. The molecule has 1 saturated heterocycles. The van der Waals surface area contributed by atoms with Crippen molar-refractivity contribution in [1.82, 2.24) is 4.90 Å². The number of ether oxygens (including phenoxy) is 2. The second kappa shape index (κ2) is 9.73. The topological polar surface area (TPSA) is 84.9 Å². The van der Waals surface area contributed by atoms with Gasteiger partial charge in [-0.05, 0) is 56.2 Å². The van der Waals surface area contributed by atoms with Gasteiger partial charge in [0.25, 0.3) is 0 Å². The van der Waals surface area contributed by atoms with Gasteiger partial charge in [-0.15, -0.1) is 0 Å². The average Bonchev–Trinajstić information content (AvgIpc) is 2.75. The zero-order valence-corrected chi connectivity index (χ0v) is 16.3. The van der Waals surface area contributed by atoms with E-state index in [-0.39, 0.29) is 11.9 Å². The van der Waals surface area contributed by atoms with Crippen LogP contribution in [-0.2, 0) is 19.1 Å². The van der Waals surface area contributed by atoms with Crippen LogP contribution >= 0.6 is 0 Å². The van der Waals surface area contributed by atoms with Crippen molar-refractivity contribution in [1.29, 1.82) is 0 Å². The second-order valence-corrected chi connectivity index (χ2v) is 6.71. The van der Waals surface area contributed by atoms with Crippen LogP contribution < -0.4 is 10.1 Å². The maximum absolute atomic E-state index is 12.4. The fraction of sp³-hybridized carbons (Fsp3) is 0.318. The third kappa shape index (κ3) is 5.57. The molecule has 3 rings (SSSR count). The molecule has 0 atom stereocenters. The molecule has 0 aliphatic carbocycles. The van der Waals surface area contributed by atoms with E-state index in [0.717, 1.165) is 0 Å². The Balaban J connectivity index is 1.50. The van der Waals surface area contributed by atoms with E-state index in [1.54, 1.807) is 31.2 Å². The van der Waals surface area contributed by atoms with Crippen molar-refractivity contribution < 1.29 is 23.9 Å². The summed E-state index contributed by atoms with van der Waals surface area (Å²) in [6, 6.07) is 16.2. The first-order valence-electron chi connectivity index (χ1n) is 9.66. The van der Waals surface area contributed by atoms with Crippen LogP contribution in [0.4, 0.5) is 5.69 Å². The van der Waals surface area contributed by atoms with E-state index in [1.165, 1.54) is 4.90 Å². The molecule has 2 aromatic rings. The van der Waals surface area contributed by atoms with Crippen molar-refractivity contribution in [2.75, 3.05) is 25.0 Å². The molecule has 1 fully saturated rings. The molecular formula is C22H24N2O5. The number of rotatable bonds is 5. The van der Waals surface area contributed by atoms with Crippen LogP contribution in [0.15, 0.2) is 54.6 Å². The highest BCUT2D eigenvalue weighted by molar-refractivity contribution is 6.39. The highest BCUT2D eigenvalue weighted by atomic mass is 16.5. The highest BCUT2D eigenvalue weighted by Crippen LogP contribution is 2.23. The van der Waals surface area contributed by atoms with Crippen molar-refractivity contribution in [2.45, 2.75) is 19.8 Å². The summed E-state index contributed by atoms with van der Waals surface area (Å²) in [6.07, 6.45) is 1.01. The van der Waals surface area contributed by atoms with Crippen molar-refractivity contribution in [3.05, 3.63) is 54.6 Å². The van der Waals surface area contributed by atoms with Gasteiger partial charge in [0.05, 0.1) is 12.5 Å². The van der Waals surface area contributed by atoms with E-state index in [4.69, 9.17) is 9.47 Å². The van der Waals surface area contributed by atoms with Crippen LogP contribution in [0.3, 0.4) is 0 Å². The summed E-state index contributed by atoms with van der Waals surface area (Å²) < 4.78 is 10.7. The van der Waals surface area contributed by atoms with Gasteiger partial charge in [-0.25, -0.2) is 0 Å². The molecule has 0 radical (unpaired) electrons. The smallest absolute Gasteiger partial charge is 0.313 e. The number of likely N-dealkylation sites (tertiary alicyclic amines) is 1. The lowest BCUT2D eigenvalue weighted by molar-refractivity contribution is -0.152. The van der Waals surface area contributed by atoms with Gasteiger partial charge in [0.2, 0.25) is 0 Å². The third-order valence-corrected chi connectivity index (χ3v) is 4.69. The number of nitrogens with one attached hydrogen (secondary N) is 1. The van der Waals surface area contributed by atoms with E-state index >= 15 is 0 Å². The normalized spacial score (nSPS) is 14.2. The Hall–Kier alpha value is -3.35. The molecule has 0 saturated carbocycles. The van der Waals surface area contributed by atoms with Crippen molar-refractivity contribution in [3.8, 4) is 11.5 Å². The lowest BCUT2D eigenvalue weighted by atomic mass is 9.97. The van der Waals surface area contributed by atoms with Crippen LogP contribution in [-0.4, -0.2) is 42.4 Å². The molecule has 7 nitrogen and oxygen atoms in total. The molecule has 2 aromatic carbocycles. The van der Waals surface area contributed by atoms with Crippen molar-refractivity contribution in [3.63, 3.8) is 0 Å². The minimum absolute atomic E-state index is 0.209. The predicted molar refractivity (Wildman–Crippen MR) is 108 cm³/mol. The maximum Gasteiger partial charge on any atom is 0.313 e. The van der Waals surface area contributed by atoms with Gasteiger partial charge < -0.3 is 19.7 Å². The standard InChI is InChI=1S/C22H24N2O5/c1-2-28-22(27)16-12-14-24(15-13-16)21(26)20(25)23-17-8-10-19(11-9-17)29-18-6-4-3-5-7-18/h3-11,16H,2,12-15H2,1H3,(H,23,25). The van der Waals surface area contributed by atoms with Gasteiger partial charge in [0.15, 0.2) is 0 Å². The number of benzene rings is 2. The predicted octanol–water partition coefficient (Wildman–Crippen LogP) is 3.22. The number of hydrogen-bond acceptors (Lipinski definition) is 5. The molecule has 0 aromatic heterocycles. The van der Waals surface area contributed by atoms with E-state index in [2.05, 4.69) is 5.32 Å². The fourth-order valence-corrected chi connectivity index (χ4v) is 3.14. The first-order valence-corrected chi connectivity index (χ1v) is 9.66. The molecule has 1 heterocycles. The number of amides is 2.